The summed E-state index contributed by atoms with van der Waals surface area (Å²) in [5.74, 6) is 1.09. The van der Waals surface area contributed by atoms with Gasteiger partial charge < -0.3 is 25.8 Å². The van der Waals surface area contributed by atoms with Crippen molar-refractivity contribution in [2.24, 2.45) is 16.6 Å². The highest BCUT2D eigenvalue weighted by atomic mass is 16.5. The molecule has 1 aromatic heterocycles. The Bertz CT molecular complexity index is 1440. The fourth-order valence-electron chi connectivity index (χ4n) is 4.43. The summed E-state index contributed by atoms with van der Waals surface area (Å²) in [5.41, 5.74) is 7.82. The van der Waals surface area contributed by atoms with Crippen molar-refractivity contribution in [3.05, 3.63) is 66.0 Å². The van der Waals surface area contributed by atoms with Crippen LogP contribution in [-0.4, -0.2) is 59.5 Å². The highest BCUT2D eigenvalue weighted by molar-refractivity contribution is 6.10. The molecule has 0 aliphatic carbocycles. The number of aliphatic hydroxyl groups is 1. The van der Waals surface area contributed by atoms with Gasteiger partial charge >= 0.3 is 0 Å². The van der Waals surface area contributed by atoms with Crippen LogP contribution >= 0.6 is 0 Å². The number of piperidine rings is 1. The molecule has 4 rings (SSSR count). The lowest BCUT2D eigenvalue weighted by Crippen LogP contribution is -2.38. The maximum absolute atomic E-state index is 13.0. The second-order valence-electron chi connectivity index (χ2n) is 10.3. The second kappa shape index (κ2) is 12.0. The highest BCUT2D eigenvalue weighted by Crippen LogP contribution is 2.31. The molecule has 2 aromatic carbocycles. The van der Waals surface area contributed by atoms with Gasteiger partial charge in [-0.1, -0.05) is 12.1 Å². The van der Waals surface area contributed by atoms with Gasteiger partial charge in [-0.15, -0.1) is 0 Å². The lowest BCUT2D eigenvalue weighted by atomic mass is 9.98. The minimum absolute atomic E-state index is 0.0189. The number of carbonyl (C=O) groups is 1. The zero-order chi connectivity index (χ0) is 28.0. The van der Waals surface area contributed by atoms with E-state index in [2.05, 4.69) is 21.4 Å². The van der Waals surface area contributed by atoms with E-state index in [4.69, 9.17) is 15.7 Å². The summed E-state index contributed by atoms with van der Waals surface area (Å²) in [6.07, 6.45) is 6.34. The van der Waals surface area contributed by atoms with Crippen LogP contribution in [0.15, 0.2) is 59.9 Å². The zero-order valence-corrected chi connectivity index (χ0v) is 22.5. The lowest BCUT2D eigenvalue weighted by Gasteiger charge is -2.29. The quantitative estimate of drug-likeness (QED) is 0.367. The van der Waals surface area contributed by atoms with E-state index in [9.17, 15) is 9.90 Å². The number of amides is 1. The van der Waals surface area contributed by atoms with Crippen molar-refractivity contribution in [1.29, 1.82) is 5.26 Å². The van der Waals surface area contributed by atoms with Gasteiger partial charge in [0.25, 0.3) is 5.91 Å². The Hall–Kier alpha value is -4.42. The van der Waals surface area contributed by atoms with Crippen LogP contribution < -0.4 is 15.8 Å². The van der Waals surface area contributed by atoms with Crippen molar-refractivity contribution < 1.29 is 14.6 Å². The lowest BCUT2D eigenvalue weighted by molar-refractivity contribution is 0.0706. The van der Waals surface area contributed by atoms with Crippen molar-refractivity contribution in [2.45, 2.75) is 32.3 Å². The third-order valence-electron chi connectivity index (χ3n) is 6.62. The molecule has 1 saturated heterocycles. The summed E-state index contributed by atoms with van der Waals surface area (Å²) >= 11 is 0. The minimum atomic E-state index is -0.895. The zero-order valence-electron chi connectivity index (χ0n) is 22.5. The molecule has 3 aromatic rings. The summed E-state index contributed by atoms with van der Waals surface area (Å²) in [6.45, 7) is 4.83. The van der Waals surface area contributed by atoms with Crippen LogP contribution in [0.25, 0.3) is 16.3 Å². The normalized spacial score (nSPS) is 14.9. The van der Waals surface area contributed by atoms with E-state index in [1.165, 1.54) is 6.20 Å². The number of nitriles is 1. The largest absolute Gasteiger partial charge is 0.495 e. The number of hydrogen-bond donors (Lipinski definition) is 3. The van der Waals surface area contributed by atoms with Crippen LogP contribution in [0.5, 0.6) is 5.75 Å². The van der Waals surface area contributed by atoms with Gasteiger partial charge in [0.15, 0.2) is 0 Å². The number of benzene rings is 2. The number of aromatic nitrogens is 1. The Kier molecular flexibility index (Phi) is 8.47. The van der Waals surface area contributed by atoms with Crippen LogP contribution in [0.3, 0.4) is 0 Å². The predicted octanol–water partition coefficient (Wildman–Crippen LogP) is 4.50. The monoisotopic (exact) mass is 526 g/mol. The van der Waals surface area contributed by atoms with Gasteiger partial charge in [0.1, 0.15) is 11.6 Å². The molecule has 0 saturated carbocycles. The SMILES string of the molecule is COc1cc(C(=O)N2CCC(C#N)CC2)ccc1Nc1cc2cc(C(C=NCC(C)(C)O)=CN)ccc2cn1. The fraction of sp³-hybridized carbons (Fsp3) is 0.333. The third-order valence-corrected chi connectivity index (χ3v) is 6.62. The summed E-state index contributed by atoms with van der Waals surface area (Å²) in [6, 6.07) is 15.5. The molecule has 1 aliphatic heterocycles. The van der Waals surface area contributed by atoms with Crippen LogP contribution in [0.2, 0.25) is 0 Å². The molecule has 0 atom stereocenters. The van der Waals surface area contributed by atoms with Gasteiger partial charge in [0.05, 0.1) is 31.0 Å². The first kappa shape index (κ1) is 27.6. The Morgan fingerprint density at radius 3 is 2.64 bits per heavy atom. The Labute approximate surface area is 228 Å². The molecule has 202 valence electrons. The first-order valence-electron chi connectivity index (χ1n) is 12.9. The van der Waals surface area contributed by atoms with Gasteiger partial charge in [-0.05, 0) is 68.0 Å². The van der Waals surface area contributed by atoms with Crippen LogP contribution in [0.4, 0.5) is 11.5 Å². The number of hydrogen-bond acceptors (Lipinski definition) is 8. The number of ether oxygens (including phenoxy) is 1. The molecule has 1 aliphatic rings. The number of rotatable bonds is 8. The van der Waals surface area contributed by atoms with Crippen LogP contribution in [-0.2, 0) is 0 Å². The van der Waals surface area contributed by atoms with Crippen LogP contribution in [0, 0.1) is 17.2 Å². The van der Waals surface area contributed by atoms with E-state index in [1.54, 1.807) is 50.4 Å². The fourth-order valence-corrected chi connectivity index (χ4v) is 4.43. The highest BCUT2D eigenvalue weighted by Gasteiger charge is 2.24. The number of fused-ring (bicyclic) bond motifs is 1. The number of likely N-dealkylation sites (tertiary alicyclic amines) is 1. The van der Waals surface area contributed by atoms with E-state index < -0.39 is 5.60 Å². The molecule has 2 heterocycles. The first-order chi connectivity index (χ1) is 18.7. The predicted molar refractivity (Wildman–Crippen MR) is 154 cm³/mol. The number of aliphatic imine (C=N–C) groups is 1. The topological polar surface area (TPSA) is 137 Å². The molecule has 4 N–H and O–H groups in total. The molecular formula is C30H34N6O3. The van der Waals surface area contributed by atoms with Crippen LogP contribution in [0.1, 0.15) is 42.6 Å². The summed E-state index contributed by atoms with van der Waals surface area (Å²) in [4.78, 5) is 23.7. The molecule has 1 amide bonds. The van der Waals surface area contributed by atoms with E-state index >= 15 is 0 Å². The van der Waals surface area contributed by atoms with E-state index in [1.807, 2.05) is 30.3 Å². The Morgan fingerprint density at radius 1 is 1.23 bits per heavy atom. The number of carbonyl (C=O) groups excluding carboxylic acids is 1. The average Bonchev–Trinajstić information content (AvgIpc) is 2.94. The number of anilines is 2. The molecule has 9 heteroatoms. The van der Waals surface area contributed by atoms with Gasteiger partial charge in [-0.2, -0.15) is 5.26 Å². The molecule has 1 fully saturated rings. The molecular weight excluding hydrogens is 492 g/mol. The van der Waals surface area contributed by atoms with E-state index in [0.717, 1.165) is 21.9 Å². The number of nitrogens with zero attached hydrogens (tertiary/aromatic N) is 4. The van der Waals surface area contributed by atoms with Crippen molar-refractivity contribution >= 4 is 40.0 Å². The first-order valence-corrected chi connectivity index (χ1v) is 12.9. The maximum Gasteiger partial charge on any atom is 0.253 e. The van der Waals surface area contributed by atoms with Crippen molar-refractivity contribution in [1.82, 2.24) is 9.88 Å². The van der Waals surface area contributed by atoms with Gasteiger partial charge in [0, 0.05) is 54.1 Å². The third kappa shape index (κ3) is 6.92. The Morgan fingerprint density at radius 2 is 1.97 bits per heavy atom. The second-order valence-corrected chi connectivity index (χ2v) is 10.3. The minimum Gasteiger partial charge on any atom is -0.495 e. The maximum atomic E-state index is 13.0. The number of nitrogens with two attached hydrogens (primary N) is 1. The summed E-state index contributed by atoms with van der Waals surface area (Å²) in [7, 11) is 1.56. The molecule has 0 spiro atoms. The number of methoxy groups -OCH3 is 1. The summed E-state index contributed by atoms with van der Waals surface area (Å²) in [5, 5.41) is 24.2. The van der Waals surface area contributed by atoms with Gasteiger partial charge in [-0.25, -0.2) is 4.98 Å². The Balaban J connectivity index is 1.53. The number of pyridine rings is 1. The van der Waals surface area contributed by atoms with Gasteiger partial charge in [0.2, 0.25) is 0 Å². The average molecular weight is 527 g/mol. The number of allylic oxidation sites excluding steroid dienone is 1. The van der Waals surface area contributed by atoms with Crippen molar-refractivity contribution in [2.75, 3.05) is 32.1 Å². The molecule has 0 unspecified atom stereocenters. The summed E-state index contributed by atoms with van der Waals surface area (Å²) < 4.78 is 5.59. The smallest absolute Gasteiger partial charge is 0.253 e. The number of nitrogens with one attached hydrogen (secondary N) is 1. The molecule has 0 radical (unpaired) electrons. The molecule has 39 heavy (non-hydrogen) atoms. The molecule has 0 bridgehead atoms. The van der Waals surface area contributed by atoms with E-state index in [-0.39, 0.29) is 18.4 Å². The van der Waals surface area contributed by atoms with Crippen molar-refractivity contribution in [3.63, 3.8) is 0 Å². The molecule has 9 nitrogen and oxygen atoms in total. The van der Waals surface area contributed by atoms with Gasteiger partial charge in [-0.3, -0.25) is 9.79 Å². The van der Waals surface area contributed by atoms with E-state index in [0.29, 0.717) is 48.7 Å². The van der Waals surface area contributed by atoms with Crippen molar-refractivity contribution in [3.8, 4) is 11.8 Å². The standard InChI is InChI=1S/C30H34N6O3/c1-30(2,38)19-33-17-25(16-32)21-4-5-23-18-34-28(14-24(23)12-21)35-26-7-6-22(13-27(26)39-3)29(37)36-10-8-20(15-31)9-11-36/h4-7,12-14,16-18,20,38H,8-11,19,32H2,1-3H3,(H,34,35).